The maximum atomic E-state index is 2.59. The lowest BCUT2D eigenvalue weighted by atomic mass is 9.62. The van der Waals surface area contributed by atoms with E-state index >= 15 is 0 Å². The second kappa shape index (κ2) is 12.3. The van der Waals surface area contributed by atoms with Crippen molar-refractivity contribution >= 4 is 10.9 Å². The van der Waals surface area contributed by atoms with E-state index in [1.54, 1.807) is 16.7 Å². The fourth-order valence-corrected chi connectivity index (χ4v) is 17.8. The van der Waals surface area contributed by atoms with Crippen LogP contribution in [0.4, 0.5) is 0 Å². The quantitative estimate of drug-likeness (QED) is 0.227. The summed E-state index contributed by atoms with van der Waals surface area (Å²) in [7, 11) is -0.0796. The minimum atomic E-state index is -0.0796. The van der Waals surface area contributed by atoms with Crippen LogP contribution in [0.15, 0.2) is 87.5 Å². The Kier molecular flexibility index (Phi) is 7.75. The molecule has 3 aromatic carbocycles. The lowest BCUT2D eigenvalue weighted by Gasteiger charge is -2.42. The van der Waals surface area contributed by atoms with Crippen LogP contribution in [0.2, 0.25) is 0 Å². The number of rotatable bonds is 6. The zero-order chi connectivity index (χ0) is 33.1. The predicted octanol–water partition coefficient (Wildman–Crippen LogP) is 13.0. The molecule has 0 N–H and O–H groups in total. The van der Waals surface area contributed by atoms with Crippen molar-refractivity contribution in [3.8, 4) is 0 Å². The lowest BCUT2D eigenvalue weighted by Crippen LogP contribution is -2.33. The molecule has 8 aliphatic carbocycles. The Labute approximate surface area is 306 Å². The van der Waals surface area contributed by atoms with Gasteiger partial charge in [-0.15, -0.1) is 0 Å². The Hall–Kier alpha value is -1.99. The molecule has 4 bridgehead atoms. The number of hydrogen-bond donors (Lipinski definition) is 0. The SMILES string of the molecule is CC1CC(c2ccc([S+](c3ccc(C4CC5CC4C4CCCC54)cc3)c3ccc(C4CC5CC4C4CCCC54)cc3)cc2)C(C)C2CCCC12. The Morgan fingerprint density at radius 1 is 0.380 bits per heavy atom. The highest BCUT2D eigenvalue weighted by Gasteiger charge is 2.55. The Morgan fingerprint density at radius 3 is 1.26 bits per heavy atom. The zero-order valence-corrected chi connectivity index (χ0v) is 31.7. The summed E-state index contributed by atoms with van der Waals surface area (Å²) in [6.45, 7) is 5.15. The van der Waals surface area contributed by atoms with E-state index in [9.17, 15) is 0 Å². The first-order valence-electron chi connectivity index (χ1n) is 21.6. The summed E-state index contributed by atoms with van der Waals surface area (Å²) < 4.78 is 0. The highest BCUT2D eigenvalue weighted by atomic mass is 32.2. The molecule has 15 atom stereocenters. The zero-order valence-electron chi connectivity index (χ0n) is 30.9. The fraction of sp³-hybridized carbons (Fsp3) is 0.633. The van der Waals surface area contributed by atoms with Crippen LogP contribution in [-0.2, 0) is 10.9 Å². The normalized spacial score (nSPS) is 44.4. The van der Waals surface area contributed by atoms with E-state index in [-0.39, 0.29) is 10.9 Å². The van der Waals surface area contributed by atoms with Crippen molar-refractivity contribution < 1.29 is 0 Å². The fourth-order valence-electron chi connectivity index (χ4n) is 15.8. The summed E-state index contributed by atoms with van der Waals surface area (Å²) in [5.41, 5.74) is 4.90. The van der Waals surface area contributed by atoms with Crippen LogP contribution in [0.1, 0.15) is 138 Å². The molecule has 8 fully saturated rings. The summed E-state index contributed by atoms with van der Waals surface area (Å²) in [5, 5.41) is 0. The first-order valence-corrected chi connectivity index (χ1v) is 22.9. The molecule has 0 aromatic heterocycles. The van der Waals surface area contributed by atoms with E-state index in [1.807, 2.05) is 0 Å². The van der Waals surface area contributed by atoms with Gasteiger partial charge < -0.3 is 0 Å². The topological polar surface area (TPSA) is 0 Å². The van der Waals surface area contributed by atoms with Crippen LogP contribution in [0.3, 0.4) is 0 Å². The molecule has 8 aliphatic rings. The molecule has 3 aromatic rings. The average molecular weight is 682 g/mol. The third-order valence-corrected chi connectivity index (χ3v) is 20.0. The van der Waals surface area contributed by atoms with Crippen LogP contribution in [0, 0.1) is 71.0 Å². The largest absolute Gasteiger partial charge is 0.166 e. The van der Waals surface area contributed by atoms with Gasteiger partial charge in [0.1, 0.15) is 0 Å². The average Bonchev–Trinajstić information content (AvgIpc) is 4.00. The van der Waals surface area contributed by atoms with E-state index in [1.165, 1.54) is 105 Å². The van der Waals surface area contributed by atoms with Crippen LogP contribution in [-0.4, -0.2) is 0 Å². The molecule has 0 spiro atoms. The molecule has 15 unspecified atom stereocenters. The van der Waals surface area contributed by atoms with Gasteiger partial charge in [0.05, 0.1) is 10.9 Å². The smallest absolute Gasteiger partial charge is 0.0622 e. The molecule has 0 nitrogen and oxygen atoms in total. The third kappa shape index (κ3) is 4.89. The molecular weight excluding hydrogens is 621 g/mol. The Balaban J connectivity index is 0.895. The van der Waals surface area contributed by atoms with Crippen molar-refractivity contribution in [3.63, 3.8) is 0 Å². The molecule has 0 radical (unpaired) electrons. The predicted molar refractivity (Wildman–Crippen MR) is 208 cm³/mol. The minimum absolute atomic E-state index is 0.0796. The second-order valence-electron chi connectivity index (χ2n) is 19.5. The second-order valence-corrected chi connectivity index (χ2v) is 21.5. The van der Waals surface area contributed by atoms with Crippen LogP contribution in [0.25, 0.3) is 0 Å². The summed E-state index contributed by atoms with van der Waals surface area (Å²) >= 11 is 0. The van der Waals surface area contributed by atoms with Crippen molar-refractivity contribution in [2.45, 2.75) is 136 Å². The van der Waals surface area contributed by atoms with E-state index in [0.29, 0.717) is 0 Å². The van der Waals surface area contributed by atoms with Gasteiger partial charge in [0, 0.05) is 0 Å². The lowest BCUT2D eigenvalue weighted by molar-refractivity contribution is 0.113. The van der Waals surface area contributed by atoms with Gasteiger partial charge in [0.25, 0.3) is 0 Å². The highest BCUT2D eigenvalue weighted by molar-refractivity contribution is 7.97. The van der Waals surface area contributed by atoms with Crippen molar-refractivity contribution in [2.75, 3.05) is 0 Å². The van der Waals surface area contributed by atoms with Gasteiger partial charge in [-0.05, 0) is 212 Å². The molecule has 0 heterocycles. The molecule has 8 saturated carbocycles. The summed E-state index contributed by atoms with van der Waals surface area (Å²) in [6, 6.07) is 30.7. The molecule has 0 saturated heterocycles. The van der Waals surface area contributed by atoms with Crippen molar-refractivity contribution in [2.24, 2.45) is 71.0 Å². The molecule has 50 heavy (non-hydrogen) atoms. The van der Waals surface area contributed by atoms with Gasteiger partial charge in [0.15, 0.2) is 14.7 Å². The van der Waals surface area contributed by atoms with Gasteiger partial charge in [-0.1, -0.05) is 69.5 Å². The summed E-state index contributed by atoms with van der Waals surface area (Å²) in [5.74, 6) is 14.2. The monoisotopic (exact) mass is 681 g/mol. The Morgan fingerprint density at radius 2 is 0.780 bits per heavy atom. The van der Waals surface area contributed by atoms with Crippen LogP contribution < -0.4 is 0 Å². The molecule has 262 valence electrons. The molecule has 0 aliphatic heterocycles. The standard InChI is InChI=1S/C49H61S/c1-29-24-45(30(2)40-7-3-6-39(29)40)31-12-18-36(19-13-31)50(37-20-14-32(15-21-37)46-25-34-27-48(46)43-10-4-8-41(34)43)38-22-16-33(17-23-38)47-26-35-28-49(47)44-11-5-9-42(35)44/h12-23,29-30,34-35,39-49H,3-11,24-28H2,1-2H3/q+1. The number of fused-ring (bicyclic) bond motifs is 11. The third-order valence-electron chi connectivity index (χ3n) is 17.8. The maximum absolute atomic E-state index is 2.59. The van der Waals surface area contributed by atoms with Gasteiger partial charge in [-0.25, -0.2) is 0 Å². The molecule has 1 heteroatoms. The highest BCUT2D eigenvalue weighted by Crippen LogP contribution is 2.65. The summed E-state index contributed by atoms with van der Waals surface area (Å²) in [4.78, 5) is 4.53. The van der Waals surface area contributed by atoms with Gasteiger partial charge in [-0.2, -0.15) is 0 Å². The maximum Gasteiger partial charge on any atom is 0.166 e. The minimum Gasteiger partial charge on any atom is -0.0622 e. The first-order chi connectivity index (χ1) is 24.6. The van der Waals surface area contributed by atoms with E-state index in [4.69, 9.17) is 0 Å². The van der Waals surface area contributed by atoms with Gasteiger partial charge in [0.2, 0.25) is 0 Å². The van der Waals surface area contributed by atoms with Crippen molar-refractivity contribution in [1.29, 1.82) is 0 Å². The molecule has 11 rings (SSSR count). The van der Waals surface area contributed by atoms with Crippen molar-refractivity contribution in [1.82, 2.24) is 0 Å². The number of benzene rings is 3. The van der Waals surface area contributed by atoms with Crippen LogP contribution >= 0.6 is 0 Å². The molecular formula is C49H61S+. The molecule has 0 amide bonds. The van der Waals surface area contributed by atoms with E-state index in [2.05, 4.69) is 86.6 Å². The van der Waals surface area contributed by atoms with Gasteiger partial charge >= 0.3 is 0 Å². The van der Waals surface area contributed by atoms with Crippen molar-refractivity contribution in [3.05, 3.63) is 89.5 Å². The first kappa shape index (κ1) is 31.5. The van der Waals surface area contributed by atoms with Gasteiger partial charge in [-0.3, -0.25) is 0 Å². The Bertz CT molecular complexity index is 1600. The number of hydrogen-bond acceptors (Lipinski definition) is 0. The summed E-state index contributed by atoms with van der Waals surface area (Å²) in [6.07, 6.45) is 20.8. The van der Waals surface area contributed by atoms with E-state index in [0.717, 1.165) is 88.8 Å². The van der Waals surface area contributed by atoms with Crippen LogP contribution in [0.5, 0.6) is 0 Å². The van der Waals surface area contributed by atoms with E-state index < -0.39 is 0 Å².